The van der Waals surface area contributed by atoms with Crippen LogP contribution >= 0.6 is 0 Å². The summed E-state index contributed by atoms with van der Waals surface area (Å²) in [7, 11) is 3.98. The minimum Gasteiger partial charge on any atom is -0.494 e. The molecular formula is C17H26FN3O3. The lowest BCUT2D eigenvalue weighted by atomic mass is 10.1. The molecule has 1 aromatic carbocycles. The first-order chi connectivity index (χ1) is 11.5. The zero-order valence-corrected chi connectivity index (χ0v) is 14.5. The van der Waals surface area contributed by atoms with Crippen molar-refractivity contribution in [2.45, 2.75) is 6.92 Å². The van der Waals surface area contributed by atoms with Gasteiger partial charge in [0, 0.05) is 31.6 Å². The van der Waals surface area contributed by atoms with Crippen LogP contribution in [0.1, 0.15) is 6.92 Å². The lowest BCUT2D eigenvalue weighted by Gasteiger charge is -2.25. The van der Waals surface area contributed by atoms with Gasteiger partial charge in [0.05, 0.1) is 25.5 Å². The Morgan fingerprint density at radius 3 is 2.96 bits per heavy atom. The molecule has 0 saturated carbocycles. The van der Waals surface area contributed by atoms with Gasteiger partial charge in [0.1, 0.15) is 11.6 Å². The Labute approximate surface area is 142 Å². The fraction of sp³-hybridized carbons (Fsp3) is 0.588. The molecule has 1 aliphatic heterocycles. The van der Waals surface area contributed by atoms with E-state index in [1.54, 1.807) is 11.0 Å². The average Bonchev–Trinajstić information content (AvgIpc) is 2.75. The number of hydrogen-bond acceptors (Lipinski definition) is 4. The van der Waals surface area contributed by atoms with Crippen molar-refractivity contribution in [3.05, 3.63) is 24.0 Å². The van der Waals surface area contributed by atoms with Crippen LogP contribution in [0.4, 0.5) is 14.9 Å². The Balaban J connectivity index is 2.00. The summed E-state index contributed by atoms with van der Waals surface area (Å²) in [5, 5.41) is 2.64. The standard InChI is InChI=1S/C17H26FN3O3/c1-4-24-14-5-6-16(15(18)9-14)19-17(22)21-7-8-23-12-13(11-21)10-20(2)3/h5-6,9,13H,4,7-8,10-12H2,1-3H3,(H,19,22)/t13-/m0/s1. The summed E-state index contributed by atoms with van der Waals surface area (Å²) in [5.74, 6) is 0.172. The van der Waals surface area contributed by atoms with Gasteiger partial charge in [-0.3, -0.25) is 0 Å². The highest BCUT2D eigenvalue weighted by molar-refractivity contribution is 5.89. The first-order valence-electron chi connectivity index (χ1n) is 8.20. The summed E-state index contributed by atoms with van der Waals surface area (Å²) < 4.78 is 24.9. The summed E-state index contributed by atoms with van der Waals surface area (Å²) in [5.41, 5.74) is 0.151. The number of carbonyl (C=O) groups excluding carboxylic acids is 1. The molecule has 0 spiro atoms. The van der Waals surface area contributed by atoms with Gasteiger partial charge in [0.25, 0.3) is 0 Å². The number of nitrogens with one attached hydrogen (secondary N) is 1. The molecule has 0 unspecified atom stereocenters. The maximum atomic E-state index is 14.1. The van der Waals surface area contributed by atoms with Crippen molar-refractivity contribution in [3.8, 4) is 5.75 Å². The molecule has 2 rings (SSSR count). The third kappa shape index (κ3) is 5.35. The van der Waals surface area contributed by atoms with Crippen molar-refractivity contribution < 1.29 is 18.7 Å². The van der Waals surface area contributed by atoms with Gasteiger partial charge in [-0.05, 0) is 33.2 Å². The van der Waals surface area contributed by atoms with Crippen LogP contribution in [0.5, 0.6) is 5.75 Å². The van der Waals surface area contributed by atoms with Gasteiger partial charge in [0.15, 0.2) is 0 Å². The topological polar surface area (TPSA) is 54.0 Å². The molecule has 24 heavy (non-hydrogen) atoms. The number of urea groups is 1. The third-order valence-corrected chi connectivity index (χ3v) is 3.74. The highest BCUT2D eigenvalue weighted by Gasteiger charge is 2.23. The fourth-order valence-corrected chi connectivity index (χ4v) is 2.74. The average molecular weight is 339 g/mol. The third-order valence-electron chi connectivity index (χ3n) is 3.74. The van der Waals surface area contributed by atoms with E-state index in [1.807, 2.05) is 21.0 Å². The van der Waals surface area contributed by atoms with E-state index in [9.17, 15) is 9.18 Å². The van der Waals surface area contributed by atoms with Gasteiger partial charge in [-0.2, -0.15) is 0 Å². The predicted octanol–water partition coefficient (Wildman–Crippen LogP) is 2.27. The fourth-order valence-electron chi connectivity index (χ4n) is 2.74. The SMILES string of the molecule is CCOc1ccc(NC(=O)N2CCOC[C@@H](CN(C)C)C2)c(F)c1. The molecule has 1 fully saturated rings. The van der Waals surface area contributed by atoms with E-state index < -0.39 is 5.82 Å². The molecule has 0 bridgehead atoms. The molecule has 0 aliphatic carbocycles. The summed E-state index contributed by atoms with van der Waals surface area (Å²) in [6, 6.07) is 4.12. The number of nitrogens with zero attached hydrogens (tertiary/aromatic N) is 2. The van der Waals surface area contributed by atoms with Crippen LogP contribution in [0.15, 0.2) is 18.2 Å². The van der Waals surface area contributed by atoms with Crippen LogP contribution in [0, 0.1) is 11.7 Å². The van der Waals surface area contributed by atoms with Crippen molar-refractivity contribution in [3.63, 3.8) is 0 Å². The normalized spacial score (nSPS) is 18.4. The maximum absolute atomic E-state index is 14.1. The molecule has 1 N–H and O–H groups in total. The predicted molar refractivity (Wildman–Crippen MR) is 91.0 cm³/mol. The van der Waals surface area contributed by atoms with E-state index in [1.165, 1.54) is 12.1 Å². The van der Waals surface area contributed by atoms with E-state index in [0.29, 0.717) is 38.7 Å². The zero-order valence-electron chi connectivity index (χ0n) is 14.5. The number of amides is 2. The smallest absolute Gasteiger partial charge is 0.322 e. The number of anilines is 1. The zero-order chi connectivity index (χ0) is 17.5. The van der Waals surface area contributed by atoms with Gasteiger partial charge in [-0.15, -0.1) is 0 Å². The number of rotatable bonds is 5. The Bertz CT molecular complexity index is 554. The molecular weight excluding hydrogens is 313 g/mol. The number of benzene rings is 1. The van der Waals surface area contributed by atoms with Crippen LogP contribution < -0.4 is 10.1 Å². The second kappa shape index (κ2) is 8.84. The quantitative estimate of drug-likeness (QED) is 0.894. The summed E-state index contributed by atoms with van der Waals surface area (Å²) in [4.78, 5) is 16.2. The summed E-state index contributed by atoms with van der Waals surface area (Å²) in [6.07, 6.45) is 0. The van der Waals surface area contributed by atoms with E-state index in [4.69, 9.17) is 9.47 Å². The minimum absolute atomic E-state index is 0.151. The van der Waals surface area contributed by atoms with E-state index in [2.05, 4.69) is 10.2 Å². The lowest BCUT2D eigenvalue weighted by Crippen LogP contribution is -2.41. The highest BCUT2D eigenvalue weighted by atomic mass is 19.1. The summed E-state index contributed by atoms with van der Waals surface area (Å²) in [6.45, 7) is 5.33. The van der Waals surface area contributed by atoms with Gasteiger partial charge < -0.3 is 24.6 Å². The second-order valence-electron chi connectivity index (χ2n) is 6.15. The van der Waals surface area contributed by atoms with E-state index >= 15 is 0 Å². The van der Waals surface area contributed by atoms with Crippen molar-refractivity contribution in [2.75, 3.05) is 58.9 Å². The molecule has 134 valence electrons. The van der Waals surface area contributed by atoms with Crippen LogP contribution in [0.25, 0.3) is 0 Å². The lowest BCUT2D eigenvalue weighted by molar-refractivity contribution is 0.112. The van der Waals surface area contributed by atoms with Crippen LogP contribution in [-0.4, -0.2) is 69.4 Å². The van der Waals surface area contributed by atoms with Crippen LogP contribution in [0.3, 0.4) is 0 Å². The van der Waals surface area contributed by atoms with Crippen molar-refractivity contribution >= 4 is 11.7 Å². The number of halogens is 1. The first-order valence-corrected chi connectivity index (χ1v) is 8.20. The molecule has 0 radical (unpaired) electrons. The van der Waals surface area contributed by atoms with E-state index in [-0.39, 0.29) is 17.6 Å². The molecule has 1 aliphatic rings. The summed E-state index contributed by atoms with van der Waals surface area (Å²) >= 11 is 0. The van der Waals surface area contributed by atoms with Crippen molar-refractivity contribution in [1.29, 1.82) is 0 Å². The van der Waals surface area contributed by atoms with Crippen molar-refractivity contribution in [2.24, 2.45) is 5.92 Å². The van der Waals surface area contributed by atoms with Gasteiger partial charge in [-0.25, -0.2) is 9.18 Å². The van der Waals surface area contributed by atoms with Crippen LogP contribution in [0.2, 0.25) is 0 Å². The van der Waals surface area contributed by atoms with Gasteiger partial charge >= 0.3 is 6.03 Å². The van der Waals surface area contributed by atoms with Crippen LogP contribution in [-0.2, 0) is 4.74 Å². The number of hydrogen-bond donors (Lipinski definition) is 1. The second-order valence-corrected chi connectivity index (χ2v) is 6.15. The molecule has 2 amide bonds. The molecule has 1 atom stereocenters. The molecule has 1 saturated heterocycles. The Kier molecular flexibility index (Phi) is 6.81. The monoisotopic (exact) mass is 339 g/mol. The first kappa shape index (κ1) is 18.5. The largest absolute Gasteiger partial charge is 0.494 e. The molecule has 7 heteroatoms. The Morgan fingerprint density at radius 1 is 1.50 bits per heavy atom. The maximum Gasteiger partial charge on any atom is 0.322 e. The molecule has 6 nitrogen and oxygen atoms in total. The number of carbonyl (C=O) groups is 1. The Morgan fingerprint density at radius 2 is 2.29 bits per heavy atom. The molecule has 1 heterocycles. The van der Waals surface area contributed by atoms with Gasteiger partial charge in [-0.1, -0.05) is 0 Å². The number of ether oxygens (including phenoxy) is 2. The van der Waals surface area contributed by atoms with Gasteiger partial charge in [0.2, 0.25) is 0 Å². The molecule has 0 aromatic heterocycles. The van der Waals surface area contributed by atoms with Crippen molar-refractivity contribution in [1.82, 2.24) is 9.80 Å². The minimum atomic E-state index is -0.509. The molecule has 1 aromatic rings. The highest BCUT2D eigenvalue weighted by Crippen LogP contribution is 2.21. The Hall–Kier alpha value is -1.86. The van der Waals surface area contributed by atoms with E-state index in [0.717, 1.165) is 6.54 Å².